The van der Waals surface area contributed by atoms with Gasteiger partial charge in [0.15, 0.2) is 11.4 Å². The summed E-state index contributed by atoms with van der Waals surface area (Å²) in [5, 5.41) is 9.74. The molecule has 0 saturated heterocycles. The highest BCUT2D eigenvalue weighted by Gasteiger charge is 2.19. The summed E-state index contributed by atoms with van der Waals surface area (Å²) in [4.78, 5) is 47.5. The molecule has 6 rings (SSSR count). The molecule has 4 aromatic carbocycles. The molecule has 0 amide bonds. The van der Waals surface area contributed by atoms with E-state index in [1.165, 1.54) is 12.1 Å². The molecule has 0 spiro atoms. The highest BCUT2D eigenvalue weighted by molar-refractivity contribution is 9.10. The Kier molecular flexibility index (Phi) is 17.8. The number of halogens is 9. The average Bonchev–Trinajstić information content (AvgIpc) is 3.15. The lowest BCUT2D eigenvalue weighted by Gasteiger charge is -2.12. The van der Waals surface area contributed by atoms with Crippen molar-refractivity contribution in [3.63, 3.8) is 0 Å². The van der Waals surface area contributed by atoms with Gasteiger partial charge < -0.3 is 9.47 Å². The third kappa shape index (κ3) is 12.8. The van der Waals surface area contributed by atoms with Crippen LogP contribution in [0.25, 0.3) is 5.69 Å². The molecule has 6 aromatic rings. The van der Waals surface area contributed by atoms with Crippen LogP contribution in [0.15, 0.2) is 96.4 Å². The number of nitrogens with zero attached hydrogens (tertiary/aromatic N) is 3. The van der Waals surface area contributed by atoms with Gasteiger partial charge in [0.2, 0.25) is 0 Å². The van der Waals surface area contributed by atoms with Gasteiger partial charge in [0, 0.05) is 45.8 Å². The van der Waals surface area contributed by atoms with Crippen molar-refractivity contribution in [2.45, 2.75) is 25.7 Å². The molecule has 0 unspecified atom stereocenters. The summed E-state index contributed by atoms with van der Waals surface area (Å²) in [5.74, 6) is 1.54. The molecular formula is C36H27BBrCl4F4N6O6. The van der Waals surface area contributed by atoms with Crippen LogP contribution in [-0.4, -0.2) is 52.6 Å². The largest absolute Gasteiger partial charge is 0.497 e. The Bertz CT molecular complexity index is 2530. The van der Waals surface area contributed by atoms with Gasteiger partial charge in [0.25, 0.3) is 24.0 Å². The molecule has 58 heavy (non-hydrogen) atoms. The number of methoxy groups -OCH3 is 2. The van der Waals surface area contributed by atoms with Crippen molar-refractivity contribution in [1.82, 2.24) is 29.9 Å². The molecular weight excluding hydrogens is 921 g/mol. The zero-order valence-electron chi connectivity index (χ0n) is 29.8. The fourth-order valence-corrected chi connectivity index (χ4v) is 6.70. The number of nitrogens with one attached hydrogen (secondary N) is 3. The standard InChI is InChI=1S/C18H13Cl2F2N3O3.C14H11BrCl2O.C4H3F2N3O2.B/c1-28-11-4-2-9(3-5-11)6-12-13(19)7-10(8-14(12)20)25-18(27)23-17(26)15(24-25)16(21)22;1-18-11-4-2-9(3-5-11)6-12-13(16)7-10(15)8-14(12)17;5-2(6)1-3(10)7-4(11)9-8-1;/h2-5,7-8,16H,6H2,1H3,(H,23,26,27);2-5,7-8H,6H2,1H3;2H,(H2,7,9,10,11);. The predicted molar refractivity (Wildman–Crippen MR) is 217 cm³/mol. The van der Waals surface area contributed by atoms with E-state index in [4.69, 9.17) is 55.9 Å². The number of ether oxygens (including phenoxy) is 2. The Morgan fingerprint density at radius 2 is 1.09 bits per heavy atom. The van der Waals surface area contributed by atoms with Crippen LogP contribution >= 0.6 is 62.3 Å². The number of hydrogen-bond donors (Lipinski definition) is 3. The second-order valence-corrected chi connectivity index (χ2v) is 13.9. The highest BCUT2D eigenvalue weighted by Crippen LogP contribution is 2.32. The third-order valence-corrected chi connectivity index (χ3v) is 9.37. The Morgan fingerprint density at radius 3 is 1.48 bits per heavy atom. The first kappa shape index (κ1) is 47.5. The summed E-state index contributed by atoms with van der Waals surface area (Å²) in [6.45, 7) is 0. The van der Waals surface area contributed by atoms with E-state index in [0.29, 0.717) is 38.9 Å². The summed E-state index contributed by atoms with van der Waals surface area (Å²) in [6.07, 6.45) is -5.01. The minimum atomic E-state index is -3.14. The first-order valence-corrected chi connectivity index (χ1v) is 18.2. The quantitative estimate of drug-likeness (QED) is 0.0966. The van der Waals surface area contributed by atoms with E-state index >= 15 is 0 Å². The van der Waals surface area contributed by atoms with Crippen LogP contribution in [0.1, 0.15) is 46.5 Å². The second-order valence-electron chi connectivity index (χ2n) is 11.3. The maximum atomic E-state index is 12.9. The monoisotopic (exact) mass is 945 g/mol. The lowest BCUT2D eigenvalue weighted by atomic mass is 10.0. The van der Waals surface area contributed by atoms with Crippen LogP contribution < -0.4 is 32.0 Å². The Labute approximate surface area is 355 Å². The lowest BCUT2D eigenvalue weighted by molar-refractivity contribution is 0.141. The fraction of sp³-hybridized carbons (Fsp3) is 0.167. The molecule has 0 bridgehead atoms. The molecule has 2 aromatic heterocycles. The molecule has 3 radical (unpaired) electrons. The van der Waals surface area contributed by atoms with Gasteiger partial charge in [-0.3, -0.25) is 19.6 Å². The molecule has 0 aliphatic rings. The number of aromatic amines is 3. The smallest absolute Gasteiger partial charge is 0.349 e. The van der Waals surface area contributed by atoms with Gasteiger partial charge >= 0.3 is 11.4 Å². The van der Waals surface area contributed by atoms with Crippen molar-refractivity contribution in [3.05, 3.63) is 173 Å². The summed E-state index contributed by atoms with van der Waals surface area (Å²) in [5.41, 5.74) is -2.72. The number of hydrogen-bond acceptors (Lipinski definition) is 8. The van der Waals surface area contributed by atoms with E-state index in [9.17, 15) is 36.7 Å². The van der Waals surface area contributed by atoms with Crippen molar-refractivity contribution >= 4 is 70.7 Å². The average molecular weight is 948 g/mol. The molecule has 0 fully saturated rings. The van der Waals surface area contributed by atoms with Crippen molar-refractivity contribution < 1.29 is 27.0 Å². The molecule has 3 N–H and O–H groups in total. The van der Waals surface area contributed by atoms with E-state index in [0.717, 1.165) is 26.9 Å². The Morgan fingerprint density at radius 1 is 0.672 bits per heavy atom. The van der Waals surface area contributed by atoms with Gasteiger partial charge in [-0.05, 0) is 70.8 Å². The highest BCUT2D eigenvalue weighted by atomic mass is 79.9. The van der Waals surface area contributed by atoms with Crippen molar-refractivity contribution in [1.29, 1.82) is 0 Å². The summed E-state index contributed by atoms with van der Waals surface area (Å²) >= 11 is 28.4. The molecule has 303 valence electrons. The zero-order chi connectivity index (χ0) is 42.0. The van der Waals surface area contributed by atoms with Crippen LogP contribution in [0.4, 0.5) is 17.6 Å². The van der Waals surface area contributed by atoms with E-state index < -0.39 is 46.7 Å². The van der Waals surface area contributed by atoms with Crippen LogP contribution in [-0.2, 0) is 12.8 Å². The molecule has 0 aliphatic heterocycles. The molecule has 0 aliphatic carbocycles. The van der Waals surface area contributed by atoms with E-state index in [2.05, 4.69) is 26.1 Å². The minimum Gasteiger partial charge on any atom is -0.497 e. The summed E-state index contributed by atoms with van der Waals surface area (Å²) in [7, 11) is 3.21. The van der Waals surface area contributed by atoms with Gasteiger partial charge in [-0.1, -0.05) is 86.6 Å². The van der Waals surface area contributed by atoms with Crippen LogP contribution in [0.5, 0.6) is 11.5 Å². The van der Waals surface area contributed by atoms with Gasteiger partial charge in [0.1, 0.15) is 11.5 Å². The maximum Gasteiger partial charge on any atom is 0.349 e. The van der Waals surface area contributed by atoms with Crippen molar-refractivity contribution in [2.75, 3.05) is 14.2 Å². The summed E-state index contributed by atoms with van der Waals surface area (Å²) < 4.78 is 61.1. The van der Waals surface area contributed by atoms with E-state index in [-0.39, 0.29) is 24.1 Å². The van der Waals surface area contributed by atoms with E-state index in [1.54, 1.807) is 41.4 Å². The molecule has 0 saturated carbocycles. The first-order valence-electron chi connectivity index (χ1n) is 15.9. The van der Waals surface area contributed by atoms with Gasteiger partial charge in [-0.2, -0.15) is 14.9 Å². The number of H-pyrrole nitrogens is 3. The van der Waals surface area contributed by atoms with Crippen molar-refractivity contribution in [2.24, 2.45) is 0 Å². The molecule has 22 heteroatoms. The maximum absolute atomic E-state index is 12.9. The molecule has 12 nitrogen and oxygen atoms in total. The zero-order valence-corrected chi connectivity index (χ0v) is 34.4. The number of alkyl halides is 4. The Balaban J connectivity index is 0.000000256. The second kappa shape index (κ2) is 21.8. The normalized spacial score (nSPS) is 10.6. The van der Waals surface area contributed by atoms with Crippen LogP contribution in [0, 0.1) is 0 Å². The van der Waals surface area contributed by atoms with Crippen LogP contribution in [0.3, 0.4) is 0 Å². The minimum absolute atomic E-state index is 0. The lowest BCUT2D eigenvalue weighted by Crippen LogP contribution is -2.34. The van der Waals surface area contributed by atoms with E-state index in [1.807, 2.05) is 48.5 Å². The van der Waals surface area contributed by atoms with Gasteiger partial charge in [-0.25, -0.2) is 32.2 Å². The number of rotatable bonds is 9. The summed E-state index contributed by atoms with van der Waals surface area (Å²) in [6, 6.07) is 21.6. The molecule has 0 atom stereocenters. The predicted octanol–water partition coefficient (Wildman–Crippen LogP) is 8.13. The SMILES string of the molecule is COc1ccc(Cc2c(Cl)cc(-n3nc(C(F)F)c(=O)[nH]c3=O)cc2Cl)cc1.COc1ccc(Cc2c(Cl)cc(Br)cc2Cl)cc1.O=c1[nH]nc(C(F)F)c(=O)[nH]1.[B]. The number of benzene rings is 4. The fourth-order valence-electron chi connectivity index (χ4n) is 4.75. The molecule has 2 heterocycles. The van der Waals surface area contributed by atoms with Crippen LogP contribution in [0.2, 0.25) is 20.1 Å². The third-order valence-electron chi connectivity index (χ3n) is 7.56. The van der Waals surface area contributed by atoms with Crippen molar-refractivity contribution in [3.8, 4) is 17.2 Å². The number of aromatic nitrogens is 6. The van der Waals surface area contributed by atoms with Gasteiger partial charge in [-0.15, -0.1) is 0 Å². The Hall–Kier alpha value is -4.88. The topological polar surface area (TPSA) is 165 Å². The first-order chi connectivity index (χ1) is 27.0. The van der Waals surface area contributed by atoms with Gasteiger partial charge in [0.05, 0.1) is 19.9 Å².